The zero-order valence-corrected chi connectivity index (χ0v) is 79.7. The van der Waals surface area contributed by atoms with Gasteiger partial charge in [0.2, 0.25) is 29.5 Å². The van der Waals surface area contributed by atoms with Crippen LogP contribution in [0.1, 0.15) is 150 Å². The fourth-order valence-electron chi connectivity index (χ4n) is 14.9. The molecule has 138 heavy (non-hydrogen) atoms. The summed E-state index contributed by atoms with van der Waals surface area (Å²) in [5.74, 6) is -4.69. The minimum atomic E-state index is -2.07. The third kappa shape index (κ3) is 37.7. The normalized spacial score (nSPS) is 15.8. The van der Waals surface area contributed by atoms with E-state index in [0.29, 0.717) is 232 Å². The van der Waals surface area contributed by atoms with Gasteiger partial charge in [0, 0.05) is 73.4 Å². The van der Waals surface area contributed by atoms with Gasteiger partial charge in [0.15, 0.2) is 5.60 Å². The molecular formula is C92H139FN14O31. The van der Waals surface area contributed by atoms with Crippen LogP contribution in [0.3, 0.4) is 0 Å². The van der Waals surface area contributed by atoms with Gasteiger partial charge in [-0.05, 0) is 125 Å². The number of esters is 1. The Balaban J connectivity index is 0.605. The van der Waals surface area contributed by atoms with Gasteiger partial charge >= 0.3 is 24.2 Å². The molecule has 9 atom stereocenters. The zero-order chi connectivity index (χ0) is 99.9. The predicted octanol–water partition coefficient (Wildman–Crippen LogP) is 0.999. The highest BCUT2D eigenvalue weighted by molar-refractivity contribution is 5.99. The number of nitrogens with zero attached hydrogens (tertiary/aromatic N) is 5. The lowest BCUT2D eigenvalue weighted by molar-refractivity contribution is -0.172. The number of hydrogen-bond acceptors (Lipinski definition) is 34. The van der Waals surface area contributed by atoms with E-state index in [9.17, 15) is 73.5 Å². The molecule has 16 N–H and O–H groups in total. The molecule has 770 valence electrons. The number of carbonyl (C=O) groups is 9. The number of ether oxygens (including phenoxy) is 15. The molecule has 2 aromatic carbocycles. The van der Waals surface area contributed by atoms with E-state index in [1.165, 1.54) is 10.6 Å². The summed E-state index contributed by atoms with van der Waals surface area (Å²) in [5.41, 5.74) is 6.82. The lowest BCUT2D eigenvalue weighted by Crippen LogP contribution is -2.58. The van der Waals surface area contributed by atoms with Crippen molar-refractivity contribution in [1.29, 1.82) is 0 Å². The highest BCUT2D eigenvalue weighted by Gasteiger charge is 2.47. The van der Waals surface area contributed by atoms with Crippen molar-refractivity contribution in [2.24, 2.45) is 11.7 Å². The summed E-state index contributed by atoms with van der Waals surface area (Å²) in [4.78, 5) is 138. The Morgan fingerprint density at radius 2 is 1.17 bits per heavy atom. The minimum Gasteiger partial charge on any atom is -0.458 e. The van der Waals surface area contributed by atoms with E-state index >= 15 is 4.39 Å². The number of hydrogen-bond donors (Lipinski definition) is 15. The smallest absolute Gasteiger partial charge is 0.408 e. The Morgan fingerprint density at radius 3 is 1.72 bits per heavy atom. The van der Waals surface area contributed by atoms with Crippen molar-refractivity contribution in [1.82, 2.24) is 61.8 Å². The van der Waals surface area contributed by atoms with Crippen molar-refractivity contribution in [2.45, 2.75) is 205 Å². The van der Waals surface area contributed by atoms with Crippen LogP contribution in [-0.4, -0.2) is 342 Å². The Morgan fingerprint density at radius 1 is 0.630 bits per heavy atom. The second-order valence-electron chi connectivity index (χ2n) is 34.3. The van der Waals surface area contributed by atoms with Gasteiger partial charge in [-0.2, -0.15) is 0 Å². The van der Waals surface area contributed by atoms with E-state index in [4.69, 9.17) is 86.9 Å². The number of cyclic esters (lactones) is 1. The van der Waals surface area contributed by atoms with Crippen LogP contribution in [0.15, 0.2) is 47.4 Å². The number of rotatable bonds is 69. The van der Waals surface area contributed by atoms with Gasteiger partial charge in [0.25, 0.3) is 5.56 Å². The van der Waals surface area contributed by atoms with E-state index in [1.54, 1.807) is 89.7 Å². The van der Waals surface area contributed by atoms with Gasteiger partial charge in [-0.3, -0.25) is 28.8 Å². The number of amides is 9. The molecule has 0 spiro atoms. The molecular weight excluding hydrogens is 1820 g/mol. The van der Waals surface area contributed by atoms with Gasteiger partial charge in [-0.25, -0.2) is 33.2 Å². The second-order valence-corrected chi connectivity index (χ2v) is 34.3. The zero-order valence-electron chi connectivity index (χ0n) is 79.7. The number of aromatic nitrogens is 5. The lowest BCUT2D eigenvalue weighted by Gasteiger charge is -2.31. The van der Waals surface area contributed by atoms with E-state index in [1.807, 2.05) is 0 Å². The molecule has 45 nitrogen and oxygen atoms in total. The molecule has 0 saturated heterocycles. The molecule has 5 heterocycles. The monoisotopic (exact) mass is 1950 g/mol. The van der Waals surface area contributed by atoms with E-state index in [2.05, 4.69) is 52.8 Å². The number of primary amides is 1. The maximum Gasteiger partial charge on any atom is 0.408 e. The Kier molecular flexibility index (Phi) is 49.2. The van der Waals surface area contributed by atoms with Crippen LogP contribution < -0.4 is 53.8 Å². The molecule has 46 heteroatoms. The van der Waals surface area contributed by atoms with Crippen LogP contribution in [-0.2, 0) is 145 Å². The number of nitrogens with one attached hydrogen (secondary N) is 8. The van der Waals surface area contributed by atoms with Crippen LogP contribution in [0.4, 0.5) is 24.5 Å². The first-order chi connectivity index (χ1) is 66.3. The summed E-state index contributed by atoms with van der Waals surface area (Å²) in [6.07, 6.45) is -4.65. The number of aliphatic hydroxyl groups is 6. The number of aliphatic hydroxyl groups excluding tert-OH is 5. The van der Waals surface area contributed by atoms with Gasteiger partial charge in [-0.1, -0.05) is 38.1 Å². The van der Waals surface area contributed by atoms with Crippen molar-refractivity contribution in [3.63, 3.8) is 0 Å². The summed E-state index contributed by atoms with van der Waals surface area (Å²) in [7, 11) is 0. The summed E-state index contributed by atoms with van der Waals surface area (Å²) in [5, 5.41) is 89.6. The largest absolute Gasteiger partial charge is 0.458 e. The van der Waals surface area contributed by atoms with Crippen molar-refractivity contribution >= 4 is 70.3 Å². The predicted molar refractivity (Wildman–Crippen MR) is 491 cm³/mol. The van der Waals surface area contributed by atoms with E-state index < -0.39 is 132 Å². The quantitative estimate of drug-likeness (QED) is 0.0144. The number of pyridine rings is 2. The van der Waals surface area contributed by atoms with Crippen LogP contribution >= 0.6 is 0 Å². The number of nitrogens with two attached hydrogens (primary N) is 1. The molecule has 8 rings (SSSR count). The fourth-order valence-corrected chi connectivity index (χ4v) is 14.9. The second kappa shape index (κ2) is 60.0. The molecule has 0 fully saturated rings. The molecule has 9 amide bonds. The average molecular weight is 1960 g/mol. The first kappa shape index (κ1) is 113. The van der Waals surface area contributed by atoms with E-state index in [-0.39, 0.29) is 121 Å². The molecule has 3 aliphatic rings. The number of aryl methyl sites for hydroxylation is 2. The molecule has 3 aromatic heterocycles. The van der Waals surface area contributed by atoms with Gasteiger partial charge in [0.05, 0.1) is 219 Å². The number of urea groups is 1. The number of alkyl carbamates (subject to hydrolysis) is 2. The van der Waals surface area contributed by atoms with Crippen molar-refractivity contribution < 1.29 is 149 Å². The molecule has 2 aliphatic heterocycles. The number of fused-ring (bicyclic) bond motifs is 5. The third-order valence-corrected chi connectivity index (χ3v) is 22.4. The Labute approximate surface area is 799 Å². The van der Waals surface area contributed by atoms with Gasteiger partial charge < -0.3 is 155 Å². The lowest BCUT2D eigenvalue weighted by atomic mass is 9.81. The number of benzene rings is 2. The Bertz CT molecular complexity index is 4720. The molecule has 0 saturated carbocycles. The van der Waals surface area contributed by atoms with Crippen molar-refractivity contribution in [3.05, 3.63) is 103 Å². The maximum atomic E-state index is 15.6. The highest BCUT2D eigenvalue weighted by Crippen LogP contribution is 2.46. The van der Waals surface area contributed by atoms with Crippen LogP contribution in [0.25, 0.3) is 22.3 Å². The van der Waals surface area contributed by atoms with Crippen LogP contribution in [0.5, 0.6) is 0 Å². The fraction of sp³-hybridized carbons (Fsp3) is 0.663. The number of unbranched alkanes of at least 4 members (excludes halogenated alkanes) is 1. The topological polar surface area (TPSA) is 601 Å². The van der Waals surface area contributed by atoms with Gasteiger partial charge in [-0.15, -0.1) is 5.10 Å². The summed E-state index contributed by atoms with van der Waals surface area (Å²) < 4.78 is 102. The first-order valence-corrected chi connectivity index (χ1v) is 46.8. The van der Waals surface area contributed by atoms with Crippen LogP contribution in [0, 0.1) is 18.7 Å². The highest BCUT2D eigenvalue weighted by atomic mass is 19.1. The third-order valence-electron chi connectivity index (χ3n) is 22.4. The summed E-state index contributed by atoms with van der Waals surface area (Å²) >= 11 is 0. The average Bonchev–Trinajstić information content (AvgIpc) is 1.54. The Hall–Kier alpha value is -10.2. The number of anilines is 1. The molecule has 1 aliphatic carbocycles. The van der Waals surface area contributed by atoms with E-state index in [0.717, 1.165) is 0 Å². The SMILES string of the molecule is CC[C@@]1(O)C(=O)OCc2c1cc1n(c2=O)Cc2c-1nc1cc(F)c(C)c3c1c2[C@@H](NC(=O)OCc1ccc(NC(=O)[C@H](CCCNC(N)=O)NC(=O)[C@@H](NC(=O)[C@H](CCCCNC(=O)CCOCCOCCOCCOCCOCCOCCOCCOCCOCCOCCOCCOCCn2cc(CCC(=O)NC[C@H](O)[C@@H](O)[C@H](O)[C@H](O)CO)nn2)NC(=O)OC(C)(C)C)C(C)C)cc1)CC3. The van der Waals surface area contributed by atoms with Crippen LogP contribution in [0.2, 0.25) is 0 Å². The molecule has 0 unspecified atom stereocenters. The van der Waals surface area contributed by atoms with Crippen molar-refractivity contribution in [2.75, 3.05) is 190 Å². The van der Waals surface area contributed by atoms with Gasteiger partial charge in [0.1, 0.15) is 61.1 Å². The number of halogens is 1. The number of carbonyl (C=O) groups excluding carboxylic acids is 9. The summed E-state index contributed by atoms with van der Waals surface area (Å²) in [6.45, 7) is 19.6. The maximum absolute atomic E-state index is 15.6. The summed E-state index contributed by atoms with van der Waals surface area (Å²) in [6, 6.07) is 4.12. The first-order valence-electron chi connectivity index (χ1n) is 46.8. The molecule has 0 radical (unpaired) electrons. The minimum absolute atomic E-state index is 0.00517. The molecule has 5 aromatic rings. The standard InChI is InChI=1S/C92H139FN14O31/c1-8-92(123)66-50-72-80-64(54-107(72)86(118)65(66)57-136-87(92)119)78-68(20-19-63-59(4)67(93)51-71(99-80)77(63)78)101-89(121)137-56-60-14-16-61(17-15-60)98-83(115)69(13-11-24-96-88(94)120)100-85(117)79(58(2)3)103-84(116)70(102-90(122)138-91(5,6)7)12-9-10-23-95-76(112)22-26-124-28-30-126-32-34-128-36-38-130-40-42-132-44-46-134-48-49-135-47-45-133-43-41-131-39-37-129-35-33-127-31-29-125-27-25-106-53-62(104-105-106)18-21-75(111)97-52-73(109)81(113)82(114)74(110)55-108/h14-17,50-51,53,58,68-70,73-74,79,81-82,108-110,113-114,123H,8-13,18-49,52,54-57H2,1-7H3,(H,95,112)(H,97,111)(H,98,115)(H,100,117)(H,101,121)(H,102,122)(H,103,116)(H3,94,96,120)/t68-,69-,70-,73-,74+,79-,81+,82+,92-/m0/s1. The van der Waals surface area contributed by atoms with Crippen molar-refractivity contribution in [3.8, 4) is 11.4 Å². The molecule has 0 bridgehead atoms.